The zero-order valence-electron chi connectivity index (χ0n) is 21.3. The van der Waals surface area contributed by atoms with Crippen LogP contribution in [0.2, 0.25) is 0 Å². The average Bonchev–Trinajstić information content (AvgIpc) is 2.85. The van der Waals surface area contributed by atoms with Gasteiger partial charge in [0, 0.05) is 68.9 Å². The van der Waals surface area contributed by atoms with Crippen LogP contribution in [0.4, 0.5) is 17.1 Å². The smallest absolute Gasteiger partial charge is 0.225 e. The molecule has 7 nitrogen and oxygen atoms in total. The Labute approximate surface area is 212 Å². The molecule has 0 spiro atoms. The number of anilines is 3. The summed E-state index contributed by atoms with van der Waals surface area (Å²) in [5.41, 5.74) is 5.05. The fourth-order valence-corrected chi connectivity index (χ4v) is 4.97. The fraction of sp³-hybridized carbons (Fsp3) is 0.414. The molecule has 2 fully saturated rings. The number of piperidine rings is 1. The quantitative estimate of drug-likeness (QED) is 0.506. The molecule has 0 bridgehead atoms. The van der Waals surface area contributed by atoms with Crippen molar-refractivity contribution in [3.63, 3.8) is 0 Å². The van der Waals surface area contributed by atoms with Gasteiger partial charge in [0.1, 0.15) is 17.9 Å². The molecule has 1 aliphatic heterocycles. The fourth-order valence-electron chi connectivity index (χ4n) is 4.97. The van der Waals surface area contributed by atoms with Crippen LogP contribution in [-0.2, 0) is 4.79 Å². The summed E-state index contributed by atoms with van der Waals surface area (Å²) >= 11 is 0. The molecule has 1 aromatic heterocycles. The number of likely N-dealkylation sites (tertiary alicyclic amines) is 1. The van der Waals surface area contributed by atoms with E-state index in [0.717, 1.165) is 78.1 Å². The van der Waals surface area contributed by atoms with Gasteiger partial charge in [-0.2, -0.15) is 5.26 Å². The number of benzene rings is 2. The lowest BCUT2D eigenvalue weighted by molar-refractivity contribution is -0.140. The Morgan fingerprint density at radius 2 is 1.92 bits per heavy atom. The summed E-state index contributed by atoms with van der Waals surface area (Å²) in [6.45, 7) is 3.59. The van der Waals surface area contributed by atoms with Crippen LogP contribution in [-0.4, -0.2) is 49.1 Å². The molecule has 3 aromatic rings. The third kappa shape index (κ3) is 4.81. The zero-order valence-corrected chi connectivity index (χ0v) is 21.3. The van der Waals surface area contributed by atoms with E-state index in [4.69, 9.17) is 4.74 Å². The summed E-state index contributed by atoms with van der Waals surface area (Å²) in [5, 5.41) is 14.1. The van der Waals surface area contributed by atoms with E-state index in [9.17, 15) is 10.1 Å². The zero-order chi connectivity index (χ0) is 25.2. The molecule has 186 valence electrons. The number of carbonyl (C=O) groups excluding carboxylic acids is 1. The molecular weight excluding hydrogens is 450 g/mol. The topological polar surface area (TPSA) is 81.5 Å². The van der Waals surface area contributed by atoms with Crippen molar-refractivity contribution in [2.45, 2.75) is 45.1 Å². The molecule has 5 rings (SSSR count). The van der Waals surface area contributed by atoms with Crippen LogP contribution in [0.15, 0.2) is 42.6 Å². The van der Waals surface area contributed by atoms with Crippen molar-refractivity contribution in [2.75, 3.05) is 37.4 Å². The molecule has 0 unspecified atom stereocenters. The number of aryl methyl sites for hydroxylation is 1. The van der Waals surface area contributed by atoms with Gasteiger partial charge in [-0.25, -0.2) is 0 Å². The van der Waals surface area contributed by atoms with E-state index in [-0.39, 0.29) is 12.0 Å². The summed E-state index contributed by atoms with van der Waals surface area (Å²) in [7, 11) is 3.99. The second kappa shape index (κ2) is 10.1. The maximum absolute atomic E-state index is 12.5. The Morgan fingerprint density at radius 3 is 2.56 bits per heavy atom. The minimum atomic E-state index is 0.117. The van der Waals surface area contributed by atoms with Crippen LogP contribution in [0.5, 0.6) is 5.75 Å². The molecule has 2 aromatic carbocycles. The minimum absolute atomic E-state index is 0.117. The van der Waals surface area contributed by atoms with E-state index in [0.29, 0.717) is 11.5 Å². The van der Waals surface area contributed by atoms with E-state index >= 15 is 0 Å². The number of ether oxygens (including phenoxy) is 1. The first-order valence-corrected chi connectivity index (χ1v) is 12.8. The number of amides is 1. The van der Waals surface area contributed by atoms with Crippen LogP contribution in [0.1, 0.15) is 43.2 Å². The van der Waals surface area contributed by atoms with Gasteiger partial charge in [-0.15, -0.1) is 0 Å². The first-order valence-electron chi connectivity index (χ1n) is 12.8. The monoisotopic (exact) mass is 483 g/mol. The van der Waals surface area contributed by atoms with Crippen molar-refractivity contribution in [1.82, 2.24) is 9.88 Å². The highest BCUT2D eigenvalue weighted by atomic mass is 16.5. The molecule has 0 radical (unpaired) electrons. The molecular formula is C29H33N5O2. The molecule has 2 aliphatic rings. The molecule has 0 atom stereocenters. The van der Waals surface area contributed by atoms with Crippen molar-refractivity contribution in [3.05, 3.63) is 53.7 Å². The summed E-state index contributed by atoms with van der Waals surface area (Å²) in [5.74, 6) is 1.46. The lowest BCUT2D eigenvalue weighted by Gasteiger charge is -2.36. The summed E-state index contributed by atoms with van der Waals surface area (Å²) in [4.78, 5) is 21.0. The molecule has 1 saturated carbocycles. The van der Waals surface area contributed by atoms with Crippen LogP contribution >= 0.6 is 0 Å². The van der Waals surface area contributed by atoms with Crippen molar-refractivity contribution >= 4 is 33.9 Å². The standard InChI is InChI=1S/C29H33N5O2/c1-19-15-22(32-28-21(17-30)18-31-26-9-8-23(33(2)3)16-25(26)28)7-10-27(19)36-24-11-13-34(14-12-24)29(35)20-5-4-6-20/h7-10,15-16,18,20,24H,4-6,11-14H2,1-3H3,(H,31,32). The van der Waals surface area contributed by atoms with Crippen LogP contribution in [0.25, 0.3) is 10.9 Å². The number of aromatic nitrogens is 1. The first-order chi connectivity index (χ1) is 17.4. The number of hydrogen-bond acceptors (Lipinski definition) is 6. The van der Waals surface area contributed by atoms with Gasteiger partial charge in [-0.05, 0) is 61.7 Å². The van der Waals surface area contributed by atoms with Gasteiger partial charge in [0.15, 0.2) is 0 Å². The Bertz CT molecular complexity index is 1320. The lowest BCUT2D eigenvalue weighted by Crippen LogP contribution is -2.45. The normalized spacial score (nSPS) is 16.3. The van der Waals surface area contributed by atoms with E-state index in [1.54, 1.807) is 6.20 Å². The van der Waals surface area contributed by atoms with Crippen molar-refractivity contribution in [3.8, 4) is 11.8 Å². The number of nitrogens with one attached hydrogen (secondary N) is 1. The van der Waals surface area contributed by atoms with Crippen LogP contribution in [0.3, 0.4) is 0 Å². The molecule has 1 aliphatic carbocycles. The number of pyridine rings is 1. The van der Waals surface area contributed by atoms with Gasteiger partial charge >= 0.3 is 0 Å². The predicted molar refractivity (Wildman–Crippen MR) is 143 cm³/mol. The van der Waals surface area contributed by atoms with E-state index < -0.39 is 0 Å². The highest BCUT2D eigenvalue weighted by Gasteiger charge is 2.32. The molecule has 1 N–H and O–H groups in total. The van der Waals surface area contributed by atoms with Gasteiger partial charge < -0.3 is 19.9 Å². The van der Waals surface area contributed by atoms with Crippen LogP contribution in [0, 0.1) is 24.2 Å². The predicted octanol–water partition coefficient (Wildman–Crippen LogP) is 5.39. The average molecular weight is 484 g/mol. The van der Waals surface area contributed by atoms with Gasteiger partial charge in [0.25, 0.3) is 0 Å². The largest absolute Gasteiger partial charge is 0.490 e. The Morgan fingerprint density at radius 1 is 1.14 bits per heavy atom. The van der Waals surface area contributed by atoms with E-state index in [2.05, 4.69) is 22.4 Å². The SMILES string of the molecule is Cc1cc(Nc2c(C#N)cnc3ccc(N(C)C)cc23)ccc1OC1CCN(C(=O)C2CCC2)CC1. The number of rotatable bonds is 6. The number of fused-ring (bicyclic) bond motifs is 1. The molecule has 1 amide bonds. The van der Waals surface area contributed by atoms with Crippen LogP contribution < -0.4 is 15.0 Å². The third-order valence-corrected chi connectivity index (χ3v) is 7.43. The van der Waals surface area contributed by atoms with Crippen molar-refractivity contribution in [2.24, 2.45) is 5.92 Å². The number of hydrogen-bond donors (Lipinski definition) is 1. The Balaban J connectivity index is 1.29. The maximum Gasteiger partial charge on any atom is 0.225 e. The van der Waals surface area contributed by atoms with Gasteiger partial charge in [-0.1, -0.05) is 6.42 Å². The summed E-state index contributed by atoms with van der Waals surface area (Å²) in [6, 6.07) is 14.4. The second-order valence-electron chi connectivity index (χ2n) is 10.1. The molecule has 7 heteroatoms. The summed E-state index contributed by atoms with van der Waals surface area (Å²) in [6.07, 6.45) is 6.75. The van der Waals surface area contributed by atoms with Gasteiger partial charge in [-0.3, -0.25) is 9.78 Å². The molecule has 2 heterocycles. The number of nitriles is 1. The highest BCUT2D eigenvalue weighted by Crippen LogP contribution is 2.34. The molecule has 1 saturated heterocycles. The lowest BCUT2D eigenvalue weighted by atomic mass is 9.84. The van der Waals surface area contributed by atoms with E-state index in [1.807, 2.05) is 61.2 Å². The van der Waals surface area contributed by atoms with Gasteiger partial charge in [0.05, 0.1) is 16.8 Å². The number of carbonyl (C=O) groups is 1. The Kier molecular flexibility index (Phi) is 6.69. The van der Waals surface area contributed by atoms with Gasteiger partial charge in [0.2, 0.25) is 5.91 Å². The minimum Gasteiger partial charge on any atom is -0.490 e. The van der Waals surface area contributed by atoms with Crippen molar-refractivity contribution in [1.29, 1.82) is 5.26 Å². The van der Waals surface area contributed by atoms with Crippen molar-refractivity contribution < 1.29 is 9.53 Å². The highest BCUT2D eigenvalue weighted by molar-refractivity contribution is 5.97. The summed E-state index contributed by atoms with van der Waals surface area (Å²) < 4.78 is 6.34. The third-order valence-electron chi connectivity index (χ3n) is 7.43. The molecule has 36 heavy (non-hydrogen) atoms. The maximum atomic E-state index is 12.5. The number of nitrogens with zero attached hydrogens (tertiary/aromatic N) is 4. The Hall–Kier alpha value is -3.79. The second-order valence-corrected chi connectivity index (χ2v) is 10.1. The van der Waals surface area contributed by atoms with E-state index in [1.165, 1.54) is 6.42 Å². The first kappa shape index (κ1) is 23.9.